The summed E-state index contributed by atoms with van der Waals surface area (Å²) in [5.41, 5.74) is 0.937. The zero-order valence-corrected chi connectivity index (χ0v) is 16.8. The van der Waals surface area contributed by atoms with Crippen molar-refractivity contribution in [2.24, 2.45) is 0 Å². The maximum Gasteiger partial charge on any atom is 0.240 e. The third-order valence-electron chi connectivity index (χ3n) is 4.95. The molecule has 0 atom stereocenters. The topological polar surface area (TPSA) is 96.5 Å². The predicted octanol–water partition coefficient (Wildman–Crippen LogP) is 1.71. The summed E-state index contributed by atoms with van der Waals surface area (Å²) in [6, 6.07) is 6.91. The summed E-state index contributed by atoms with van der Waals surface area (Å²) >= 11 is 0. The maximum atomic E-state index is 12.5. The molecule has 2 aliphatic rings. The van der Waals surface area contributed by atoms with Crippen molar-refractivity contribution in [1.29, 1.82) is 0 Å². The molecule has 9 heteroatoms. The first-order valence-electron chi connectivity index (χ1n) is 9.61. The molecule has 28 heavy (non-hydrogen) atoms. The van der Waals surface area contributed by atoms with Crippen LogP contribution >= 0.6 is 0 Å². The van der Waals surface area contributed by atoms with Crippen molar-refractivity contribution in [2.75, 3.05) is 43.0 Å². The van der Waals surface area contributed by atoms with Gasteiger partial charge in [-0.3, -0.25) is 0 Å². The van der Waals surface area contributed by atoms with Crippen LogP contribution < -0.4 is 19.7 Å². The highest BCUT2D eigenvalue weighted by Gasteiger charge is 2.19. The van der Waals surface area contributed by atoms with Gasteiger partial charge in [0.15, 0.2) is 0 Å². The number of rotatable bonds is 7. The van der Waals surface area contributed by atoms with Gasteiger partial charge in [0, 0.05) is 38.7 Å². The molecule has 0 saturated carbocycles. The van der Waals surface area contributed by atoms with Crippen molar-refractivity contribution in [3.05, 3.63) is 35.7 Å². The summed E-state index contributed by atoms with van der Waals surface area (Å²) in [6.07, 6.45) is 3.11. The van der Waals surface area contributed by atoms with Crippen LogP contribution in [0.4, 0.5) is 11.6 Å². The number of hydrogen-bond donors (Lipinski definition) is 2. The van der Waals surface area contributed by atoms with E-state index in [0.29, 0.717) is 24.8 Å². The van der Waals surface area contributed by atoms with E-state index in [2.05, 4.69) is 24.9 Å². The minimum absolute atomic E-state index is 0.262. The second-order valence-electron chi connectivity index (χ2n) is 7.05. The predicted molar refractivity (Wildman–Crippen MR) is 108 cm³/mol. The van der Waals surface area contributed by atoms with Crippen molar-refractivity contribution >= 4 is 21.7 Å². The number of sulfonamides is 1. The lowest BCUT2D eigenvalue weighted by Gasteiger charge is -2.17. The zero-order valence-electron chi connectivity index (χ0n) is 15.9. The van der Waals surface area contributed by atoms with Gasteiger partial charge in [0.25, 0.3) is 0 Å². The summed E-state index contributed by atoms with van der Waals surface area (Å²) < 4.78 is 33.1. The number of hydrogen-bond acceptors (Lipinski definition) is 7. The van der Waals surface area contributed by atoms with Gasteiger partial charge in [0.05, 0.1) is 11.5 Å². The average molecular weight is 404 g/mol. The van der Waals surface area contributed by atoms with E-state index in [4.69, 9.17) is 4.74 Å². The van der Waals surface area contributed by atoms with Gasteiger partial charge in [0.2, 0.25) is 10.0 Å². The summed E-state index contributed by atoms with van der Waals surface area (Å²) in [7, 11) is -3.55. The minimum atomic E-state index is -3.55. The summed E-state index contributed by atoms with van der Waals surface area (Å²) in [4.78, 5) is 11.4. The van der Waals surface area contributed by atoms with E-state index in [-0.39, 0.29) is 11.4 Å². The molecular formula is C19H25N5O3S. The molecule has 2 aromatic rings. The van der Waals surface area contributed by atoms with Crippen LogP contribution in [0, 0.1) is 6.92 Å². The number of fused-ring (bicyclic) bond motifs is 1. The van der Waals surface area contributed by atoms with Crippen LogP contribution in [-0.2, 0) is 16.4 Å². The lowest BCUT2D eigenvalue weighted by Crippen LogP contribution is -2.29. The third-order valence-corrected chi connectivity index (χ3v) is 6.41. The molecular weight excluding hydrogens is 378 g/mol. The van der Waals surface area contributed by atoms with Crippen molar-refractivity contribution < 1.29 is 13.2 Å². The lowest BCUT2D eigenvalue weighted by atomic mass is 10.2. The quantitative estimate of drug-likeness (QED) is 0.680. The molecule has 2 aliphatic heterocycles. The van der Waals surface area contributed by atoms with E-state index in [9.17, 15) is 8.42 Å². The van der Waals surface area contributed by atoms with Crippen LogP contribution in [0.3, 0.4) is 0 Å². The van der Waals surface area contributed by atoms with E-state index in [1.165, 1.54) is 12.8 Å². The Balaban J connectivity index is 1.34. The fourth-order valence-corrected chi connectivity index (χ4v) is 4.62. The first kappa shape index (κ1) is 18.9. The molecule has 0 radical (unpaired) electrons. The highest BCUT2D eigenvalue weighted by Crippen LogP contribution is 2.27. The van der Waals surface area contributed by atoms with E-state index in [1.807, 2.05) is 13.0 Å². The van der Waals surface area contributed by atoms with Gasteiger partial charge in [-0.2, -0.15) is 0 Å². The molecule has 1 aromatic carbocycles. The Labute approximate surface area is 165 Å². The van der Waals surface area contributed by atoms with Crippen LogP contribution in [0.5, 0.6) is 5.75 Å². The van der Waals surface area contributed by atoms with Crippen molar-refractivity contribution in [2.45, 2.75) is 31.1 Å². The summed E-state index contributed by atoms with van der Waals surface area (Å²) in [5, 5.41) is 3.19. The first-order valence-corrected chi connectivity index (χ1v) is 11.1. The van der Waals surface area contributed by atoms with Crippen LogP contribution in [0.1, 0.15) is 24.2 Å². The fourth-order valence-electron chi connectivity index (χ4n) is 3.54. The molecule has 8 nitrogen and oxygen atoms in total. The molecule has 0 aliphatic carbocycles. The van der Waals surface area contributed by atoms with Gasteiger partial charge in [-0.25, -0.2) is 23.1 Å². The fraction of sp³-hybridized carbons (Fsp3) is 0.474. The second kappa shape index (κ2) is 7.92. The van der Waals surface area contributed by atoms with Gasteiger partial charge in [-0.15, -0.1) is 0 Å². The Morgan fingerprint density at radius 2 is 1.96 bits per heavy atom. The van der Waals surface area contributed by atoms with Gasteiger partial charge in [0.1, 0.15) is 23.2 Å². The Kier molecular flexibility index (Phi) is 5.36. The number of anilines is 2. The molecule has 0 unspecified atom stereocenters. The molecule has 4 rings (SSSR count). The van der Waals surface area contributed by atoms with E-state index >= 15 is 0 Å². The van der Waals surface area contributed by atoms with Crippen molar-refractivity contribution in [1.82, 2.24) is 14.7 Å². The molecule has 3 heterocycles. The van der Waals surface area contributed by atoms with Gasteiger partial charge in [-0.1, -0.05) is 0 Å². The molecule has 0 bridgehead atoms. The number of aryl methyl sites for hydroxylation is 1. The Morgan fingerprint density at radius 1 is 1.14 bits per heavy atom. The lowest BCUT2D eigenvalue weighted by molar-refractivity contribution is 0.356. The molecule has 1 fully saturated rings. The first-order chi connectivity index (χ1) is 13.5. The highest BCUT2D eigenvalue weighted by atomic mass is 32.2. The number of nitrogens with one attached hydrogen (secondary N) is 2. The zero-order chi connectivity index (χ0) is 19.6. The van der Waals surface area contributed by atoms with Crippen LogP contribution in [0.25, 0.3) is 0 Å². The Hall–Kier alpha value is -2.39. The maximum absolute atomic E-state index is 12.5. The number of ether oxygens (including phenoxy) is 1. The Morgan fingerprint density at radius 3 is 2.79 bits per heavy atom. The van der Waals surface area contributed by atoms with Crippen LogP contribution in [0.2, 0.25) is 0 Å². The molecule has 1 aromatic heterocycles. The number of benzene rings is 1. The average Bonchev–Trinajstić information content (AvgIpc) is 3.35. The number of nitrogens with zero attached hydrogens (tertiary/aromatic N) is 3. The summed E-state index contributed by atoms with van der Waals surface area (Å²) in [5.74, 6) is 3.11. The summed E-state index contributed by atoms with van der Waals surface area (Å²) in [6.45, 7) is 5.20. The van der Waals surface area contributed by atoms with Crippen LogP contribution in [0.15, 0.2) is 29.2 Å². The van der Waals surface area contributed by atoms with Gasteiger partial charge < -0.3 is 15.0 Å². The van der Waals surface area contributed by atoms with Gasteiger partial charge in [-0.05, 0) is 43.5 Å². The molecule has 2 N–H and O–H groups in total. The second-order valence-corrected chi connectivity index (χ2v) is 8.81. The SMILES string of the molecule is Cc1nc(NCCNS(=O)(=O)c2ccc3c(c2)CCO3)cc(N2CCCC2)n1. The largest absolute Gasteiger partial charge is 0.493 e. The third kappa shape index (κ3) is 4.20. The Bertz CT molecular complexity index is 958. The standard InChI is InChI=1S/C19H25N5O3S/c1-14-22-18(13-19(23-14)24-9-2-3-10-24)20-7-8-21-28(25,26)16-4-5-17-15(12-16)6-11-27-17/h4-5,12-13,21H,2-3,6-11H2,1H3,(H,20,22,23). The van der Waals surface area contributed by atoms with Crippen LogP contribution in [-0.4, -0.2) is 51.2 Å². The molecule has 0 spiro atoms. The highest BCUT2D eigenvalue weighted by molar-refractivity contribution is 7.89. The normalized spacial score (nSPS) is 16.1. The monoisotopic (exact) mass is 403 g/mol. The van der Waals surface area contributed by atoms with E-state index in [1.54, 1.807) is 18.2 Å². The molecule has 0 amide bonds. The van der Waals surface area contributed by atoms with Crippen molar-refractivity contribution in [3.63, 3.8) is 0 Å². The smallest absolute Gasteiger partial charge is 0.240 e. The minimum Gasteiger partial charge on any atom is -0.493 e. The molecule has 1 saturated heterocycles. The van der Waals surface area contributed by atoms with Gasteiger partial charge >= 0.3 is 0 Å². The van der Waals surface area contributed by atoms with E-state index in [0.717, 1.165) is 36.6 Å². The number of aromatic nitrogens is 2. The molecule has 150 valence electrons. The van der Waals surface area contributed by atoms with E-state index < -0.39 is 10.0 Å². The van der Waals surface area contributed by atoms with Crippen molar-refractivity contribution in [3.8, 4) is 5.75 Å².